The van der Waals surface area contributed by atoms with Gasteiger partial charge >= 0.3 is 5.97 Å². The van der Waals surface area contributed by atoms with Crippen molar-refractivity contribution in [3.8, 4) is 5.69 Å². The zero-order valence-electron chi connectivity index (χ0n) is 8.25. The summed E-state index contributed by atoms with van der Waals surface area (Å²) in [6.07, 6.45) is 1.42. The van der Waals surface area contributed by atoms with Gasteiger partial charge in [-0.3, -0.25) is 0 Å². The molecule has 1 N–H and O–H groups in total. The predicted molar refractivity (Wildman–Crippen MR) is 60.1 cm³/mol. The number of rotatable bonds is 1. The smallest absolute Gasteiger partial charge is 0.339 e. The Balaban J connectivity index is 2.23. The van der Waals surface area contributed by atoms with Crippen LogP contribution in [0.1, 0.15) is 16.1 Å². The van der Waals surface area contributed by atoms with Gasteiger partial charge in [-0.2, -0.15) is 5.10 Å². The molecule has 16 heavy (non-hydrogen) atoms. The number of aromatic nitrogens is 2. The van der Waals surface area contributed by atoms with E-state index in [0.29, 0.717) is 11.3 Å². The summed E-state index contributed by atoms with van der Waals surface area (Å²) < 4.78 is 1.72. The second kappa shape index (κ2) is 3.38. The molecule has 5 heteroatoms. The van der Waals surface area contributed by atoms with E-state index < -0.39 is 5.97 Å². The number of nitrogens with zero attached hydrogens (tertiary/aromatic N) is 2. The van der Waals surface area contributed by atoms with Gasteiger partial charge in [0, 0.05) is 10.6 Å². The highest BCUT2D eigenvalue weighted by Crippen LogP contribution is 2.35. The second-order valence-corrected chi connectivity index (χ2v) is 4.50. The van der Waals surface area contributed by atoms with E-state index in [1.165, 1.54) is 6.20 Å². The summed E-state index contributed by atoms with van der Waals surface area (Å²) >= 11 is 1.64. The molecule has 3 rings (SSSR count). The summed E-state index contributed by atoms with van der Waals surface area (Å²) in [7, 11) is 0. The van der Waals surface area contributed by atoms with Gasteiger partial charge in [-0.25, -0.2) is 9.48 Å². The van der Waals surface area contributed by atoms with Crippen molar-refractivity contribution < 1.29 is 9.90 Å². The van der Waals surface area contributed by atoms with Crippen molar-refractivity contribution in [2.24, 2.45) is 0 Å². The molecule has 0 radical (unpaired) electrons. The minimum atomic E-state index is -0.916. The molecule has 0 unspecified atom stereocenters. The number of carboxylic acid groups (broad SMARTS) is 1. The monoisotopic (exact) mass is 232 g/mol. The molecule has 0 aliphatic carbocycles. The fourth-order valence-electron chi connectivity index (χ4n) is 1.80. The van der Waals surface area contributed by atoms with Crippen LogP contribution in [0, 0.1) is 0 Å². The van der Waals surface area contributed by atoms with Crippen molar-refractivity contribution in [3.05, 3.63) is 41.7 Å². The molecule has 0 saturated carbocycles. The molecule has 0 atom stereocenters. The topological polar surface area (TPSA) is 55.1 Å². The molecule has 0 bridgehead atoms. The molecule has 80 valence electrons. The first-order valence-corrected chi connectivity index (χ1v) is 5.78. The van der Waals surface area contributed by atoms with Gasteiger partial charge in [-0.05, 0) is 12.1 Å². The molecule has 2 aromatic rings. The lowest BCUT2D eigenvalue weighted by Crippen LogP contribution is -2.10. The van der Waals surface area contributed by atoms with Crippen LogP contribution in [-0.2, 0) is 5.75 Å². The molecular weight excluding hydrogens is 224 g/mol. The van der Waals surface area contributed by atoms with E-state index >= 15 is 0 Å². The molecule has 0 spiro atoms. The number of fused-ring (bicyclic) bond motifs is 3. The normalized spacial score (nSPS) is 13.0. The number of hydrogen-bond donors (Lipinski definition) is 1. The zero-order chi connectivity index (χ0) is 11.1. The Morgan fingerprint density at radius 1 is 1.44 bits per heavy atom. The van der Waals surface area contributed by atoms with Crippen LogP contribution in [0.5, 0.6) is 0 Å². The Bertz CT molecular complexity index is 577. The summed E-state index contributed by atoms with van der Waals surface area (Å²) in [5.41, 5.74) is 2.01. The van der Waals surface area contributed by atoms with Crippen molar-refractivity contribution >= 4 is 17.7 Å². The number of carbonyl (C=O) groups is 1. The van der Waals surface area contributed by atoms with Crippen LogP contribution in [0.4, 0.5) is 0 Å². The van der Waals surface area contributed by atoms with Gasteiger partial charge in [-0.15, -0.1) is 11.8 Å². The zero-order valence-corrected chi connectivity index (χ0v) is 9.07. The molecule has 1 aliphatic rings. The Labute approximate surface area is 95.9 Å². The van der Waals surface area contributed by atoms with Crippen LogP contribution >= 0.6 is 11.8 Å². The lowest BCUT2D eigenvalue weighted by molar-refractivity contribution is 0.0696. The highest BCUT2D eigenvalue weighted by molar-refractivity contribution is 7.98. The Morgan fingerprint density at radius 2 is 2.25 bits per heavy atom. The molecule has 4 nitrogen and oxygen atoms in total. The van der Waals surface area contributed by atoms with E-state index in [0.717, 1.165) is 16.3 Å². The van der Waals surface area contributed by atoms with Gasteiger partial charge in [0.2, 0.25) is 0 Å². The SMILES string of the molecule is O=C(O)c1cnn2c1CSc1ccccc1-2. The van der Waals surface area contributed by atoms with Gasteiger partial charge in [0.05, 0.1) is 17.6 Å². The largest absolute Gasteiger partial charge is 0.478 e. The number of para-hydroxylation sites is 1. The van der Waals surface area contributed by atoms with Gasteiger partial charge in [0.25, 0.3) is 0 Å². The van der Waals surface area contributed by atoms with E-state index in [-0.39, 0.29) is 0 Å². The molecule has 0 saturated heterocycles. The highest BCUT2D eigenvalue weighted by atomic mass is 32.2. The van der Waals surface area contributed by atoms with Gasteiger partial charge < -0.3 is 5.11 Å². The van der Waals surface area contributed by atoms with Crippen molar-refractivity contribution in [2.45, 2.75) is 10.6 Å². The van der Waals surface area contributed by atoms with Crippen LogP contribution in [-0.4, -0.2) is 20.9 Å². The Hall–Kier alpha value is -1.75. The summed E-state index contributed by atoms with van der Waals surface area (Å²) in [4.78, 5) is 12.1. The predicted octanol–water partition coefficient (Wildman–Crippen LogP) is 2.18. The van der Waals surface area contributed by atoms with Crippen molar-refractivity contribution in [3.63, 3.8) is 0 Å². The van der Waals surface area contributed by atoms with E-state index in [1.807, 2.05) is 24.3 Å². The average Bonchev–Trinajstić information content (AvgIpc) is 2.73. The average molecular weight is 232 g/mol. The minimum absolute atomic E-state index is 0.294. The maximum absolute atomic E-state index is 11.0. The molecule has 2 heterocycles. The first-order valence-electron chi connectivity index (χ1n) is 4.80. The van der Waals surface area contributed by atoms with Crippen molar-refractivity contribution in [1.82, 2.24) is 9.78 Å². The fraction of sp³-hybridized carbons (Fsp3) is 0.0909. The van der Waals surface area contributed by atoms with Crippen molar-refractivity contribution in [2.75, 3.05) is 0 Å². The highest BCUT2D eigenvalue weighted by Gasteiger charge is 2.22. The van der Waals surface area contributed by atoms with Gasteiger partial charge in [-0.1, -0.05) is 12.1 Å². The number of aromatic carboxylic acids is 1. The molecular formula is C11H8N2O2S. The first kappa shape index (κ1) is 9.47. The number of hydrogen-bond acceptors (Lipinski definition) is 3. The molecule has 1 aromatic heterocycles. The fourth-order valence-corrected chi connectivity index (χ4v) is 2.85. The quantitative estimate of drug-likeness (QED) is 0.818. The summed E-state index contributed by atoms with van der Waals surface area (Å²) in [6.45, 7) is 0. The van der Waals surface area contributed by atoms with Gasteiger partial charge in [0.1, 0.15) is 5.56 Å². The van der Waals surface area contributed by atoms with E-state index in [2.05, 4.69) is 5.10 Å². The minimum Gasteiger partial charge on any atom is -0.478 e. The van der Waals surface area contributed by atoms with E-state index in [9.17, 15) is 4.79 Å². The molecule has 1 aromatic carbocycles. The third-order valence-corrected chi connectivity index (χ3v) is 3.63. The molecule has 0 amide bonds. The Kier molecular flexibility index (Phi) is 2.00. The standard InChI is InChI=1S/C11H8N2O2S/c14-11(15)7-5-12-13-8-3-1-2-4-10(8)16-6-9(7)13/h1-5H,6H2,(H,14,15). The van der Waals surface area contributed by atoms with Gasteiger partial charge in [0.15, 0.2) is 0 Å². The summed E-state index contributed by atoms with van der Waals surface area (Å²) in [5, 5.41) is 13.2. The lowest BCUT2D eigenvalue weighted by Gasteiger charge is -2.17. The summed E-state index contributed by atoms with van der Waals surface area (Å²) in [5.74, 6) is -0.264. The van der Waals surface area contributed by atoms with Crippen LogP contribution in [0.15, 0.2) is 35.4 Å². The van der Waals surface area contributed by atoms with Crippen LogP contribution in [0.25, 0.3) is 5.69 Å². The van der Waals surface area contributed by atoms with Crippen LogP contribution < -0.4 is 0 Å². The number of benzene rings is 1. The third kappa shape index (κ3) is 1.25. The molecule has 0 fully saturated rings. The first-order chi connectivity index (χ1) is 7.77. The second-order valence-electron chi connectivity index (χ2n) is 3.48. The van der Waals surface area contributed by atoms with E-state index in [1.54, 1.807) is 16.4 Å². The third-order valence-electron chi connectivity index (χ3n) is 2.56. The van der Waals surface area contributed by atoms with Crippen LogP contribution in [0.3, 0.4) is 0 Å². The van der Waals surface area contributed by atoms with E-state index in [4.69, 9.17) is 5.11 Å². The Morgan fingerprint density at radius 3 is 3.06 bits per heavy atom. The van der Waals surface area contributed by atoms with Crippen molar-refractivity contribution in [1.29, 1.82) is 0 Å². The summed E-state index contributed by atoms with van der Waals surface area (Å²) in [6, 6.07) is 7.86. The molecule has 1 aliphatic heterocycles. The maximum atomic E-state index is 11.0. The lowest BCUT2D eigenvalue weighted by atomic mass is 10.2. The van der Waals surface area contributed by atoms with Crippen LogP contribution in [0.2, 0.25) is 0 Å². The number of thioether (sulfide) groups is 1. The number of carboxylic acids is 1. The maximum Gasteiger partial charge on any atom is 0.339 e.